The molecule has 6 aliphatic rings. The fourth-order valence-electron chi connectivity index (χ4n) is 11.0. The summed E-state index contributed by atoms with van der Waals surface area (Å²) < 4.78 is 6.08. The molecule has 8 atom stereocenters. The Kier molecular flexibility index (Phi) is 12.5. The molecule has 0 radical (unpaired) electrons. The Hall–Kier alpha value is -1.27. The number of ether oxygens (including phenoxy) is 1. The molecule has 10 heteroatoms. The summed E-state index contributed by atoms with van der Waals surface area (Å²) in [5.74, 6) is 5.09. The summed E-state index contributed by atoms with van der Waals surface area (Å²) in [6.45, 7) is 19.3. The maximum Gasteiger partial charge on any atom is 0.407 e. The summed E-state index contributed by atoms with van der Waals surface area (Å²) in [5, 5.41) is 23.2. The van der Waals surface area contributed by atoms with Crippen LogP contribution in [-0.2, 0) is 4.74 Å². The second-order valence-corrected chi connectivity index (χ2v) is 17.3. The minimum atomic E-state index is -0.257. The molecule has 2 heterocycles. The minimum absolute atomic E-state index is 0.00765. The van der Waals surface area contributed by atoms with Crippen LogP contribution in [0.15, 0.2) is 11.6 Å². The molecule has 0 spiro atoms. The van der Waals surface area contributed by atoms with Crippen LogP contribution >= 0.6 is 0 Å². The molecule has 0 aromatic heterocycles. The highest BCUT2D eigenvalue weighted by Crippen LogP contribution is 2.67. The van der Waals surface area contributed by atoms with Gasteiger partial charge in [0.25, 0.3) is 0 Å². The Bertz CT molecular complexity index is 1060. The van der Waals surface area contributed by atoms with Gasteiger partial charge in [-0.05, 0) is 91.3 Å². The third-order valence-corrected chi connectivity index (χ3v) is 14.0. The molecule has 48 heavy (non-hydrogen) atoms. The number of carbonyl (C=O) groups is 1. The number of amides is 1. The number of carbonyl (C=O) groups excluding carboxylic acids is 1. The van der Waals surface area contributed by atoms with Gasteiger partial charge < -0.3 is 10.1 Å². The Morgan fingerprint density at radius 1 is 0.896 bits per heavy atom. The molecule has 1 amide bonds. The smallest absolute Gasteiger partial charge is 0.407 e. The average molecular weight is 671 g/mol. The normalized spacial score (nSPS) is 35.6. The van der Waals surface area contributed by atoms with Crippen LogP contribution in [0.2, 0.25) is 0 Å². The first-order chi connectivity index (χ1) is 23.2. The molecule has 8 unspecified atom stereocenters. The third kappa shape index (κ3) is 8.43. The first kappa shape index (κ1) is 36.5. The van der Waals surface area contributed by atoms with E-state index >= 15 is 0 Å². The first-order valence-electron chi connectivity index (χ1n) is 19.9. The van der Waals surface area contributed by atoms with Gasteiger partial charge in [0.2, 0.25) is 0 Å². The van der Waals surface area contributed by atoms with Crippen molar-refractivity contribution in [2.45, 2.75) is 124 Å². The highest BCUT2D eigenvalue weighted by molar-refractivity contribution is 5.67. The van der Waals surface area contributed by atoms with Crippen molar-refractivity contribution in [1.82, 2.24) is 42.1 Å². The molecule has 4 aliphatic carbocycles. The highest BCUT2D eigenvalue weighted by Gasteiger charge is 2.59. The zero-order valence-electron chi connectivity index (χ0n) is 31.0. The summed E-state index contributed by atoms with van der Waals surface area (Å²) in [5.41, 5.74) is 2.39. The molecule has 2 aliphatic heterocycles. The molecule has 0 bridgehead atoms. The number of allylic oxidation sites excluding steroid dienone is 1. The zero-order valence-corrected chi connectivity index (χ0v) is 31.0. The van der Waals surface area contributed by atoms with Crippen molar-refractivity contribution in [3.63, 3.8) is 0 Å². The number of rotatable bonds is 17. The lowest BCUT2D eigenvalue weighted by Crippen LogP contribution is -2.67. The van der Waals surface area contributed by atoms with E-state index in [-0.39, 0.29) is 30.2 Å². The van der Waals surface area contributed by atoms with E-state index in [2.05, 4.69) is 82.8 Å². The second kappa shape index (κ2) is 16.4. The van der Waals surface area contributed by atoms with Gasteiger partial charge in [-0.15, -0.1) is 0 Å². The predicted molar refractivity (Wildman–Crippen MR) is 194 cm³/mol. The number of alkyl carbamates (subject to hydrolysis) is 1. The molecular weight excluding hydrogens is 600 g/mol. The van der Waals surface area contributed by atoms with Crippen LogP contribution in [0.5, 0.6) is 0 Å². The number of hydrogen-bond donors (Lipinski definition) is 7. The van der Waals surface area contributed by atoms with Gasteiger partial charge in [-0.1, -0.05) is 65.5 Å². The fraction of sp³-hybridized carbons (Fsp3) is 0.921. The molecule has 7 N–H and O–H groups in total. The van der Waals surface area contributed by atoms with E-state index < -0.39 is 0 Å². The summed E-state index contributed by atoms with van der Waals surface area (Å²) in [4.78, 5) is 15.4. The van der Waals surface area contributed by atoms with Crippen molar-refractivity contribution < 1.29 is 9.53 Å². The van der Waals surface area contributed by atoms with Crippen molar-refractivity contribution in [1.29, 1.82) is 0 Å². The summed E-state index contributed by atoms with van der Waals surface area (Å²) >= 11 is 0. The molecular formula is C38H70N8O2. The number of nitrogens with one attached hydrogen (secondary N) is 7. The molecule has 6 rings (SSSR count). The molecule has 0 aromatic carbocycles. The van der Waals surface area contributed by atoms with E-state index in [1.807, 2.05) is 0 Å². The van der Waals surface area contributed by atoms with Gasteiger partial charge >= 0.3 is 6.09 Å². The zero-order chi connectivity index (χ0) is 33.7. The van der Waals surface area contributed by atoms with E-state index in [4.69, 9.17) is 4.74 Å². The van der Waals surface area contributed by atoms with E-state index in [1.54, 1.807) is 5.57 Å². The molecule has 274 valence electrons. The molecule has 10 nitrogen and oxygen atoms in total. The summed E-state index contributed by atoms with van der Waals surface area (Å²) in [6.07, 6.45) is 16.9. The topological polar surface area (TPSA) is 114 Å². The van der Waals surface area contributed by atoms with Crippen LogP contribution < -0.4 is 37.2 Å². The monoisotopic (exact) mass is 671 g/mol. The SMILES string of the molecule is CC(C)CCCC(C)C1CCC2C3CC=C4CC(OC(=O)NCCN(CCNC5NCN5)CCNC5NCN5)CCC4(C)C3CCC12C. The van der Waals surface area contributed by atoms with Crippen molar-refractivity contribution in [3.8, 4) is 0 Å². The van der Waals surface area contributed by atoms with E-state index in [1.165, 1.54) is 51.4 Å². The van der Waals surface area contributed by atoms with Crippen LogP contribution in [-0.4, -0.2) is 82.3 Å². The van der Waals surface area contributed by atoms with Gasteiger partial charge in [-0.25, -0.2) is 4.79 Å². The lowest BCUT2D eigenvalue weighted by Gasteiger charge is -2.58. The Labute approximate surface area is 291 Å². The van der Waals surface area contributed by atoms with Crippen LogP contribution in [0.1, 0.15) is 105 Å². The molecule has 0 aromatic rings. The quantitative estimate of drug-likeness (QED) is 0.113. The van der Waals surface area contributed by atoms with Crippen molar-refractivity contribution in [2.24, 2.45) is 46.3 Å². The Balaban J connectivity index is 0.957. The number of fused-ring (bicyclic) bond motifs is 5. The fourth-order valence-corrected chi connectivity index (χ4v) is 11.0. The van der Waals surface area contributed by atoms with Crippen molar-refractivity contribution in [3.05, 3.63) is 11.6 Å². The van der Waals surface area contributed by atoms with E-state index in [0.29, 0.717) is 12.0 Å². The van der Waals surface area contributed by atoms with Gasteiger partial charge in [0.1, 0.15) is 18.7 Å². The van der Waals surface area contributed by atoms with Gasteiger partial charge in [0.15, 0.2) is 0 Å². The first-order valence-corrected chi connectivity index (χ1v) is 19.9. The Morgan fingerprint density at radius 3 is 2.23 bits per heavy atom. The maximum absolute atomic E-state index is 13.0. The third-order valence-electron chi connectivity index (χ3n) is 14.0. The van der Waals surface area contributed by atoms with Crippen molar-refractivity contribution >= 4 is 6.09 Å². The molecule has 3 saturated carbocycles. The van der Waals surface area contributed by atoms with Crippen LogP contribution in [0.4, 0.5) is 4.79 Å². The lowest BCUT2D eigenvalue weighted by atomic mass is 9.47. The maximum atomic E-state index is 13.0. The van der Waals surface area contributed by atoms with E-state index in [0.717, 1.165) is 101 Å². The van der Waals surface area contributed by atoms with Crippen LogP contribution in [0.25, 0.3) is 0 Å². The van der Waals surface area contributed by atoms with Crippen LogP contribution in [0, 0.1) is 46.3 Å². The highest BCUT2D eigenvalue weighted by atomic mass is 16.6. The molecule has 5 fully saturated rings. The summed E-state index contributed by atoms with van der Waals surface area (Å²) in [7, 11) is 0. The number of nitrogens with zero attached hydrogens (tertiary/aromatic N) is 1. The largest absolute Gasteiger partial charge is 0.446 e. The van der Waals surface area contributed by atoms with Crippen LogP contribution in [0.3, 0.4) is 0 Å². The standard InChI is InChI=1S/C38H70N8O2/c1-26(2)7-6-8-27(3)31-11-12-32-30-10-9-28-23-29(13-15-37(28,4)33(30)14-16-38(31,32)5)48-36(47)41-19-22-46(20-17-39-34-42-24-43-34)21-18-40-35-44-25-45-35/h9,26-27,29-35,39-40,42-45H,6-8,10-25H2,1-5H3,(H,41,47). The van der Waals surface area contributed by atoms with Crippen molar-refractivity contribution in [2.75, 3.05) is 52.6 Å². The number of hydrogen-bond acceptors (Lipinski definition) is 9. The van der Waals surface area contributed by atoms with Gasteiger partial charge in [0.05, 0.1) is 13.3 Å². The van der Waals surface area contributed by atoms with Gasteiger partial charge in [0, 0.05) is 45.7 Å². The average Bonchev–Trinajstić information content (AvgIpc) is 3.36. The van der Waals surface area contributed by atoms with E-state index in [9.17, 15) is 4.79 Å². The predicted octanol–water partition coefficient (Wildman–Crippen LogP) is 4.47. The Morgan fingerprint density at radius 2 is 1.58 bits per heavy atom. The molecule has 2 saturated heterocycles. The second-order valence-electron chi connectivity index (χ2n) is 17.3. The van der Waals surface area contributed by atoms with Gasteiger partial charge in [-0.2, -0.15) is 0 Å². The lowest BCUT2D eigenvalue weighted by molar-refractivity contribution is -0.0581. The summed E-state index contributed by atoms with van der Waals surface area (Å²) in [6, 6.07) is 0. The van der Waals surface area contributed by atoms with Gasteiger partial charge in [-0.3, -0.25) is 36.8 Å². The minimum Gasteiger partial charge on any atom is -0.446 e.